The highest BCUT2D eigenvalue weighted by Crippen LogP contribution is 2.18. The third-order valence-electron chi connectivity index (χ3n) is 4.28. The predicted molar refractivity (Wildman–Crippen MR) is 111 cm³/mol. The van der Waals surface area contributed by atoms with Gasteiger partial charge in [0.1, 0.15) is 0 Å². The Morgan fingerprint density at radius 1 is 0.828 bits per heavy atom. The van der Waals surface area contributed by atoms with Gasteiger partial charge in [0.15, 0.2) is 6.61 Å². The first-order valence-corrected chi connectivity index (χ1v) is 9.00. The molecular formula is C23H20N2O4. The van der Waals surface area contributed by atoms with E-state index in [-0.39, 0.29) is 17.4 Å². The molecule has 3 rings (SSSR count). The van der Waals surface area contributed by atoms with Crippen molar-refractivity contribution >= 4 is 29.2 Å². The number of hydrogen-bond donors (Lipinski definition) is 1. The number of anilines is 2. The van der Waals surface area contributed by atoms with Crippen LogP contribution in [-0.4, -0.2) is 31.4 Å². The first kappa shape index (κ1) is 19.8. The number of nitrogens with one attached hydrogen (secondary N) is 1. The molecule has 2 amide bonds. The molecular weight excluding hydrogens is 368 g/mol. The van der Waals surface area contributed by atoms with Crippen LogP contribution in [0, 0.1) is 0 Å². The highest BCUT2D eigenvalue weighted by Gasteiger charge is 2.18. The van der Waals surface area contributed by atoms with Gasteiger partial charge >= 0.3 is 5.97 Å². The molecule has 3 aromatic carbocycles. The minimum Gasteiger partial charge on any atom is -0.452 e. The number of nitrogens with zero attached hydrogens (tertiary/aromatic N) is 1. The quantitative estimate of drug-likeness (QED) is 0.653. The van der Waals surface area contributed by atoms with Gasteiger partial charge in [-0.1, -0.05) is 48.5 Å². The Morgan fingerprint density at radius 3 is 2.10 bits per heavy atom. The minimum atomic E-state index is -0.691. The Morgan fingerprint density at radius 2 is 1.41 bits per heavy atom. The lowest BCUT2D eigenvalue weighted by Gasteiger charge is -2.17. The second-order valence-corrected chi connectivity index (χ2v) is 6.23. The maximum atomic E-state index is 12.5. The summed E-state index contributed by atoms with van der Waals surface area (Å²) in [6.07, 6.45) is 0. The molecule has 0 atom stereocenters. The number of rotatable bonds is 6. The Labute approximate surface area is 168 Å². The van der Waals surface area contributed by atoms with Crippen LogP contribution in [0.5, 0.6) is 0 Å². The molecule has 6 nitrogen and oxygen atoms in total. The number of benzene rings is 3. The molecule has 0 unspecified atom stereocenters. The summed E-state index contributed by atoms with van der Waals surface area (Å²) in [5.41, 5.74) is 1.65. The summed E-state index contributed by atoms with van der Waals surface area (Å²) in [4.78, 5) is 38.6. The van der Waals surface area contributed by atoms with Crippen LogP contribution in [-0.2, 0) is 9.53 Å². The number of amides is 2. The summed E-state index contributed by atoms with van der Waals surface area (Å²) in [6.45, 7) is -0.412. The van der Waals surface area contributed by atoms with E-state index in [4.69, 9.17) is 4.74 Å². The first-order valence-electron chi connectivity index (χ1n) is 9.00. The van der Waals surface area contributed by atoms with E-state index in [1.165, 1.54) is 11.0 Å². The molecule has 0 heterocycles. The van der Waals surface area contributed by atoms with E-state index in [2.05, 4.69) is 5.32 Å². The van der Waals surface area contributed by atoms with Gasteiger partial charge in [0.2, 0.25) is 0 Å². The third kappa shape index (κ3) is 5.07. The molecule has 0 bridgehead atoms. The third-order valence-corrected chi connectivity index (χ3v) is 4.28. The highest BCUT2D eigenvalue weighted by molar-refractivity contribution is 6.08. The van der Waals surface area contributed by atoms with Crippen LogP contribution < -0.4 is 10.2 Å². The van der Waals surface area contributed by atoms with Crippen molar-refractivity contribution in [2.45, 2.75) is 0 Å². The van der Waals surface area contributed by atoms with Gasteiger partial charge in [-0.25, -0.2) is 4.79 Å². The Balaban J connectivity index is 1.65. The number of ether oxygens (including phenoxy) is 1. The van der Waals surface area contributed by atoms with Crippen LogP contribution in [0.25, 0.3) is 0 Å². The lowest BCUT2D eigenvalue weighted by Crippen LogP contribution is -2.31. The molecule has 0 saturated carbocycles. The molecule has 0 spiro atoms. The van der Waals surface area contributed by atoms with Crippen LogP contribution in [0.15, 0.2) is 84.9 Å². The summed E-state index contributed by atoms with van der Waals surface area (Å²) in [5, 5.41) is 2.71. The van der Waals surface area contributed by atoms with Crippen molar-refractivity contribution < 1.29 is 19.1 Å². The second-order valence-electron chi connectivity index (χ2n) is 6.23. The van der Waals surface area contributed by atoms with Gasteiger partial charge in [0.05, 0.1) is 11.3 Å². The van der Waals surface area contributed by atoms with E-state index in [1.807, 2.05) is 24.3 Å². The van der Waals surface area contributed by atoms with Crippen LogP contribution in [0.1, 0.15) is 20.7 Å². The van der Waals surface area contributed by atoms with Crippen molar-refractivity contribution in [1.82, 2.24) is 0 Å². The van der Waals surface area contributed by atoms with Gasteiger partial charge in [-0.05, 0) is 36.4 Å². The average molecular weight is 388 g/mol. The number of likely N-dealkylation sites (N-methyl/N-ethyl adjacent to an activating group) is 1. The van der Waals surface area contributed by atoms with Crippen molar-refractivity contribution in [3.05, 3.63) is 96.1 Å². The highest BCUT2D eigenvalue weighted by atomic mass is 16.5. The minimum absolute atomic E-state index is 0.173. The Hall–Kier alpha value is -3.93. The van der Waals surface area contributed by atoms with Gasteiger partial charge < -0.3 is 15.0 Å². The molecule has 29 heavy (non-hydrogen) atoms. The monoisotopic (exact) mass is 388 g/mol. The summed E-state index contributed by atoms with van der Waals surface area (Å²) < 4.78 is 5.18. The second kappa shape index (κ2) is 9.32. The Bertz CT molecular complexity index is 1000. The maximum absolute atomic E-state index is 12.5. The van der Waals surface area contributed by atoms with Gasteiger partial charge in [0.25, 0.3) is 11.8 Å². The van der Waals surface area contributed by atoms with Crippen molar-refractivity contribution in [3.63, 3.8) is 0 Å². The van der Waals surface area contributed by atoms with E-state index in [0.717, 1.165) is 0 Å². The van der Waals surface area contributed by atoms with Crippen molar-refractivity contribution in [2.24, 2.45) is 0 Å². The Kier molecular flexibility index (Phi) is 6.37. The topological polar surface area (TPSA) is 75.7 Å². The molecule has 0 fully saturated rings. The van der Waals surface area contributed by atoms with E-state index in [9.17, 15) is 14.4 Å². The first-order chi connectivity index (χ1) is 14.1. The molecule has 146 valence electrons. The number of esters is 1. The average Bonchev–Trinajstić information content (AvgIpc) is 2.78. The van der Waals surface area contributed by atoms with Crippen LogP contribution in [0.4, 0.5) is 11.4 Å². The van der Waals surface area contributed by atoms with E-state index in [1.54, 1.807) is 61.6 Å². The van der Waals surface area contributed by atoms with Crippen molar-refractivity contribution in [2.75, 3.05) is 23.9 Å². The molecule has 6 heteroatoms. The SMILES string of the molecule is CN(C(=O)COC(=O)c1ccccc1NC(=O)c1ccccc1)c1ccccc1. The largest absolute Gasteiger partial charge is 0.452 e. The molecule has 1 N–H and O–H groups in total. The number of hydrogen-bond acceptors (Lipinski definition) is 4. The fourth-order valence-corrected chi connectivity index (χ4v) is 2.65. The summed E-state index contributed by atoms with van der Waals surface area (Å²) in [5.74, 6) is -1.40. The summed E-state index contributed by atoms with van der Waals surface area (Å²) in [6, 6.07) is 24.2. The fraction of sp³-hybridized carbons (Fsp3) is 0.0870. The van der Waals surface area contributed by atoms with E-state index >= 15 is 0 Å². The predicted octanol–water partition coefficient (Wildman–Crippen LogP) is 3.76. The lowest BCUT2D eigenvalue weighted by molar-refractivity contribution is -0.121. The van der Waals surface area contributed by atoms with Crippen LogP contribution >= 0.6 is 0 Å². The summed E-state index contributed by atoms with van der Waals surface area (Å²) in [7, 11) is 1.61. The standard InChI is InChI=1S/C23H20N2O4/c1-25(18-12-6-3-7-13-18)21(26)16-29-23(28)19-14-8-9-15-20(19)24-22(27)17-10-4-2-5-11-17/h2-15H,16H2,1H3,(H,24,27). The molecule has 0 saturated heterocycles. The molecule has 0 aromatic heterocycles. The molecule has 0 radical (unpaired) electrons. The number of carbonyl (C=O) groups is 3. The van der Waals surface area contributed by atoms with Gasteiger partial charge in [-0.2, -0.15) is 0 Å². The van der Waals surface area contributed by atoms with E-state index in [0.29, 0.717) is 16.9 Å². The lowest BCUT2D eigenvalue weighted by atomic mass is 10.1. The maximum Gasteiger partial charge on any atom is 0.340 e. The number of para-hydroxylation sites is 2. The zero-order valence-corrected chi connectivity index (χ0v) is 15.9. The van der Waals surface area contributed by atoms with Crippen LogP contribution in [0.2, 0.25) is 0 Å². The molecule has 0 aliphatic rings. The molecule has 3 aromatic rings. The fourth-order valence-electron chi connectivity index (χ4n) is 2.65. The van der Waals surface area contributed by atoms with Crippen molar-refractivity contribution in [1.29, 1.82) is 0 Å². The van der Waals surface area contributed by atoms with Gasteiger partial charge in [0, 0.05) is 18.3 Å². The summed E-state index contributed by atoms with van der Waals surface area (Å²) >= 11 is 0. The zero-order chi connectivity index (χ0) is 20.6. The zero-order valence-electron chi connectivity index (χ0n) is 15.9. The van der Waals surface area contributed by atoms with Crippen LogP contribution in [0.3, 0.4) is 0 Å². The molecule has 0 aliphatic carbocycles. The number of carbonyl (C=O) groups excluding carboxylic acids is 3. The normalized spacial score (nSPS) is 10.1. The van der Waals surface area contributed by atoms with E-state index < -0.39 is 12.6 Å². The van der Waals surface area contributed by atoms with Gasteiger partial charge in [-0.15, -0.1) is 0 Å². The van der Waals surface area contributed by atoms with Crippen molar-refractivity contribution in [3.8, 4) is 0 Å². The van der Waals surface area contributed by atoms with Gasteiger partial charge in [-0.3, -0.25) is 9.59 Å². The molecule has 0 aliphatic heterocycles. The smallest absolute Gasteiger partial charge is 0.340 e.